The van der Waals surface area contributed by atoms with Crippen molar-refractivity contribution in [2.24, 2.45) is 0 Å². The van der Waals surface area contributed by atoms with Gasteiger partial charge in [-0.1, -0.05) is 6.07 Å². The van der Waals surface area contributed by atoms with E-state index in [1.807, 2.05) is 0 Å². The van der Waals surface area contributed by atoms with Crippen molar-refractivity contribution in [3.8, 4) is 0 Å². The van der Waals surface area contributed by atoms with Crippen LogP contribution >= 0.6 is 0 Å². The van der Waals surface area contributed by atoms with E-state index in [0.717, 1.165) is 0 Å². The van der Waals surface area contributed by atoms with Crippen molar-refractivity contribution in [3.05, 3.63) is 29.6 Å². The molecule has 12 heavy (non-hydrogen) atoms. The number of aliphatic hydroxyl groups excluding tert-OH is 2. The molecule has 0 aliphatic rings. The Kier molecular flexibility index (Phi) is 2.78. The van der Waals surface area contributed by atoms with Gasteiger partial charge >= 0.3 is 0 Å². The van der Waals surface area contributed by atoms with Crippen LogP contribution in [-0.2, 0) is 0 Å². The molecule has 0 saturated carbocycles. The Morgan fingerprint density at radius 3 is 2.33 bits per heavy atom. The highest BCUT2D eigenvalue weighted by Gasteiger charge is 2.11. The lowest BCUT2D eigenvalue weighted by molar-refractivity contribution is 0.171. The largest absolute Gasteiger partial charge is 0.389 e. The zero-order chi connectivity index (χ0) is 9.14. The van der Waals surface area contributed by atoms with Crippen LogP contribution in [0.4, 0.5) is 0 Å². The van der Waals surface area contributed by atoms with E-state index in [4.69, 9.17) is 0 Å². The SMILES string of the molecule is CC(O)c1cccnc1C(C)O. The molecule has 1 heterocycles. The van der Waals surface area contributed by atoms with Crippen LogP contribution in [-0.4, -0.2) is 15.2 Å². The van der Waals surface area contributed by atoms with Crippen LogP contribution in [0.1, 0.15) is 37.3 Å². The van der Waals surface area contributed by atoms with E-state index in [1.54, 1.807) is 32.2 Å². The number of hydrogen-bond donors (Lipinski definition) is 2. The minimum absolute atomic E-state index is 0.549. The summed E-state index contributed by atoms with van der Waals surface area (Å²) in [6.07, 6.45) is 0.396. The molecule has 1 aromatic rings. The van der Waals surface area contributed by atoms with Crippen LogP contribution in [0.25, 0.3) is 0 Å². The average Bonchev–Trinajstić information content (AvgIpc) is 2.04. The zero-order valence-corrected chi connectivity index (χ0v) is 7.23. The Balaban J connectivity index is 3.09. The third-order valence-corrected chi connectivity index (χ3v) is 1.72. The molecule has 1 aromatic heterocycles. The highest BCUT2D eigenvalue weighted by molar-refractivity contribution is 5.23. The first-order valence-corrected chi connectivity index (χ1v) is 3.94. The maximum Gasteiger partial charge on any atom is 0.0935 e. The lowest BCUT2D eigenvalue weighted by Crippen LogP contribution is -2.04. The fourth-order valence-electron chi connectivity index (χ4n) is 1.13. The van der Waals surface area contributed by atoms with E-state index >= 15 is 0 Å². The van der Waals surface area contributed by atoms with Crippen LogP contribution in [0, 0.1) is 0 Å². The van der Waals surface area contributed by atoms with Gasteiger partial charge in [0.05, 0.1) is 17.9 Å². The van der Waals surface area contributed by atoms with E-state index in [-0.39, 0.29) is 0 Å². The van der Waals surface area contributed by atoms with E-state index in [0.29, 0.717) is 11.3 Å². The Labute approximate surface area is 71.7 Å². The summed E-state index contributed by atoms with van der Waals surface area (Å²) in [7, 11) is 0. The summed E-state index contributed by atoms with van der Waals surface area (Å²) in [4.78, 5) is 3.99. The summed E-state index contributed by atoms with van der Waals surface area (Å²) >= 11 is 0. The molecule has 0 spiro atoms. The second-order valence-electron chi connectivity index (χ2n) is 2.83. The van der Waals surface area contributed by atoms with Crippen LogP contribution in [0.5, 0.6) is 0 Å². The lowest BCUT2D eigenvalue weighted by Gasteiger charge is -2.11. The molecule has 0 saturated heterocycles. The van der Waals surface area contributed by atoms with Gasteiger partial charge in [0, 0.05) is 11.8 Å². The third kappa shape index (κ3) is 1.81. The van der Waals surface area contributed by atoms with E-state index in [2.05, 4.69) is 4.98 Å². The molecule has 0 fully saturated rings. The second-order valence-corrected chi connectivity index (χ2v) is 2.83. The smallest absolute Gasteiger partial charge is 0.0935 e. The highest BCUT2D eigenvalue weighted by atomic mass is 16.3. The first kappa shape index (κ1) is 9.16. The predicted molar refractivity (Wildman–Crippen MR) is 45.5 cm³/mol. The molecule has 1 rings (SSSR count). The van der Waals surface area contributed by atoms with Gasteiger partial charge in [0.2, 0.25) is 0 Å². The molecule has 66 valence electrons. The van der Waals surface area contributed by atoms with Crippen molar-refractivity contribution >= 4 is 0 Å². The van der Waals surface area contributed by atoms with Crippen molar-refractivity contribution in [2.75, 3.05) is 0 Å². The van der Waals surface area contributed by atoms with Gasteiger partial charge < -0.3 is 10.2 Å². The van der Waals surface area contributed by atoms with Gasteiger partial charge in [0.15, 0.2) is 0 Å². The standard InChI is InChI=1S/C9H13NO2/c1-6(11)8-4-3-5-10-9(8)7(2)12/h3-7,11-12H,1-2H3. The minimum atomic E-state index is -0.629. The highest BCUT2D eigenvalue weighted by Crippen LogP contribution is 2.20. The summed E-state index contributed by atoms with van der Waals surface area (Å²) in [6, 6.07) is 3.51. The topological polar surface area (TPSA) is 53.4 Å². The summed E-state index contributed by atoms with van der Waals surface area (Å²) in [5, 5.41) is 18.6. The minimum Gasteiger partial charge on any atom is -0.389 e. The van der Waals surface area contributed by atoms with Crippen LogP contribution in [0.3, 0.4) is 0 Å². The number of nitrogens with zero attached hydrogens (tertiary/aromatic N) is 1. The predicted octanol–water partition coefficient (Wildman–Crippen LogP) is 1.19. The van der Waals surface area contributed by atoms with Crippen LogP contribution in [0.15, 0.2) is 18.3 Å². The summed E-state index contributed by atoms with van der Waals surface area (Å²) in [5.41, 5.74) is 1.24. The Bertz CT molecular complexity index is 231. The number of pyridine rings is 1. The molecule has 0 aromatic carbocycles. The molecule has 0 amide bonds. The number of aromatic nitrogens is 1. The molecule has 0 aliphatic carbocycles. The summed E-state index contributed by atoms with van der Waals surface area (Å²) in [5.74, 6) is 0. The second kappa shape index (κ2) is 3.65. The molecule has 0 aliphatic heterocycles. The molecule has 2 atom stereocenters. The van der Waals surface area contributed by atoms with Crippen molar-refractivity contribution in [1.29, 1.82) is 0 Å². The maximum atomic E-state index is 9.30. The van der Waals surface area contributed by atoms with E-state index in [9.17, 15) is 10.2 Å². The van der Waals surface area contributed by atoms with Gasteiger partial charge in [0.25, 0.3) is 0 Å². The average molecular weight is 167 g/mol. The number of aliphatic hydroxyl groups is 2. The van der Waals surface area contributed by atoms with Gasteiger partial charge in [-0.15, -0.1) is 0 Å². The molecule has 0 radical (unpaired) electrons. The summed E-state index contributed by atoms with van der Waals surface area (Å²) in [6.45, 7) is 3.29. The molecule has 3 heteroatoms. The van der Waals surface area contributed by atoms with E-state index < -0.39 is 12.2 Å². The first-order valence-electron chi connectivity index (χ1n) is 3.94. The van der Waals surface area contributed by atoms with Gasteiger partial charge in [-0.05, 0) is 19.9 Å². The van der Waals surface area contributed by atoms with E-state index in [1.165, 1.54) is 0 Å². The number of rotatable bonds is 2. The lowest BCUT2D eigenvalue weighted by atomic mass is 10.1. The Morgan fingerprint density at radius 1 is 1.25 bits per heavy atom. The molecular weight excluding hydrogens is 154 g/mol. The van der Waals surface area contributed by atoms with Gasteiger partial charge in [-0.2, -0.15) is 0 Å². The molecule has 2 unspecified atom stereocenters. The van der Waals surface area contributed by atoms with Gasteiger partial charge in [0.1, 0.15) is 0 Å². The van der Waals surface area contributed by atoms with Crippen molar-refractivity contribution < 1.29 is 10.2 Å². The molecule has 2 N–H and O–H groups in total. The zero-order valence-electron chi connectivity index (χ0n) is 7.23. The Morgan fingerprint density at radius 2 is 1.92 bits per heavy atom. The first-order chi connectivity index (χ1) is 5.63. The fraction of sp³-hybridized carbons (Fsp3) is 0.444. The van der Waals surface area contributed by atoms with Crippen molar-refractivity contribution in [1.82, 2.24) is 4.98 Å². The molecular formula is C9H13NO2. The molecule has 0 bridgehead atoms. The van der Waals surface area contributed by atoms with Crippen molar-refractivity contribution in [3.63, 3.8) is 0 Å². The monoisotopic (exact) mass is 167 g/mol. The van der Waals surface area contributed by atoms with Crippen LogP contribution < -0.4 is 0 Å². The van der Waals surface area contributed by atoms with Crippen molar-refractivity contribution in [2.45, 2.75) is 26.1 Å². The third-order valence-electron chi connectivity index (χ3n) is 1.72. The maximum absolute atomic E-state index is 9.30. The van der Waals surface area contributed by atoms with Gasteiger partial charge in [-0.3, -0.25) is 4.98 Å². The van der Waals surface area contributed by atoms with Crippen LogP contribution in [0.2, 0.25) is 0 Å². The quantitative estimate of drug-likeness (QED) is 0.695. The normalized spacial score (nSPS) is 15.7. The van der Waals surface area contributed by atoms with Gasteiger partial charge in [-0.25, -0.2) is 0 Å². The molecule has 3 nitrogen and oxygen atoms in total. The fourth-order valence-corrected chi connectivity index (χ4v) is 1.13. The summed E-state index contributed by atoms with van der Waals surface area (Å²) < 4.78 is 0. The number of hydrogen-bond acceptors (Lipinski definition) is 3. The Hall–Kier alpha value is -0.930.